The van der Waals surface area contributed by atoms with Crippen LogP contribution in [0.15, 0.2) is 65.7 Å². The summed E-state index contributed by atoms with van der Waals surface area (Å²) in [5.74, 6) is -1.27. The smallest absolute Gasteiger partial charge is 0.417 e. The molecule has 3 rings (SSSR count). The third-order valence-electron chi connectivity index (χ3n) is 5.96. The molecular formula is C25H21ClF6N2O4S. The van der Waals surface area contributed by atoms with E-state index in [4.69, 9.17) is 11.6 Å². The van der Waals surface area contributed by atoms with E-state index in [-0.39, 0.29) is 21.6 Å². The van der Waals surface area contributed by atoms with Gasteiger partial charge in [-0.3, -0.25) is 0 Å². The molecule has 1 heterocycles. The van der Waals surface area contributed by atoms with Gasteiger partial charge in [0.25, 0.3) is 10.0 Å². The van der Waals surface area contributed by atoms with Crippen LogP contribution in [0.25, 0.3) is 0 Å². The van der Waals surface area contributed by atoms with Crippen molar-refractivity contribution < 1.29 is 44.3 Å². The summed E-state index contributed by atoms with van der Waals surface area (Å²) in [6, 6.07) is 9.93. The van der Waals surface area contributed by atoms with Gasteiger partial charge < -0.3 is 4.74 Å². The number of hydrogen-bond donors (Lipinski definition) is 0. The molecule has 0 radical (unpaired) electrons. The first kappa shape index (κ1) is 30.2. The minimum absolute atomic E-state index is 0.0385. The van der Waals surface area contributed by atoms with Gasteiger partial charge in [-0.1, -0.05) is 35.9 Å². The van der Waals surface area contributed by atoms with Crippen LogP contribution in [0.4, 0.5) is 32.2 Å². The Morgan fingerprint density at radius 2 is 1.51 bits per heavy atom. The SMILES string of the molecule is COC(=O)c1ccc(S(=O)(=O)N(Cc2ccc(C(C)(C)C(F)(F)F)cc2)c2ncc(C(F)(F)F)cc2Cl)cc1. The van der Waals surface area contributed by atoms with Crippen molar-refractivity contribution in [3.8, 4) is 0 Å². The van der Waals surface area contributed by atoms with E-state index in [1.165, 1.54) is 36.4 Å². The first-order chi connectivity index (χ1) is 17.9. The van der Waals surface area contributed by atoms with Crippen LogP contribution < -0.4 is 4.31 Å². The van der Waals surface area contributed by atoms with Crippen LogP contribution >= 0.6 is 11.6 Å². The number of ether oxygens (including phenoxy) is 1. The molecule has 6 nitrogen and oxygen atoms in total. The Morgan fingerprint density at radius 3 is 1.97 bits per heavy atom. The van der Waals surface area contributed by atoms with Crippen molar-refractivity contribution in [1.82, 2.24) is 4.98 Å². The number of hydrogen-bond acceptors (Lipinski definition) is 5. The monoisotopic (exact) mass is 594 g/mol. The summed E-state index contributed by atoms with van der Waals surface area (Å²) in [6.07, 6.45) is -8.94. The molecule has 0 aliphatic rings. The number of sulfonamides is 1. The number of carbonyl (C=O) groups excluding carboxylic acids is 1. The fraction of sp³-hybridized carbons (Fsp3) is 0.280. The van der Waals surface area contributed by atoms with Gasteiger partial charge in [0, 0.05) is 6.20 Å². The van der Waals surface area contributed by atoms with Crippen LogP contribution in [-0.4, -0.2) is 32.7 Å². The summed E-state index contributed by atoms with van der Waals surface area (Å²) in [7, 11) is -3.43. The van der Waals surface area contributed by atoms with E-state index in [2.05, 4.69) is 9.72 Å². The highest BCUT2D eigenvalue weighted by molar-refractivity contribution is 7.92. The maximum Gasteiger partial charge on any atom is 0.417 e. The number of anilines is 1. The standard InChI is InChI=1S/C25H21ClF6N2O4S/c1-23(2,25(30,31)32)17-8-4-15(5-9-17)14-34(21-20(26)12-18(13-33-21)24(27,28)29)39(36,37)19-10-6-16(7-11-19)22(35)38-3/h4-13H,14H2,1-3H3. The Bertz CT molecular complexity index is 1460. The topological polar surface area (TPSA) is 76.6 Å². The Morgan fingerprint density at radius 1 is 0.949 bits per heavy atom. The van der Waals surface area contributed by atoms with Gasteiger partial charge in [-0.25, -0.2) is 22.5 Å². The molecule has 14 heteroatoms. The van der Waals surface area contributed by atoms with Crippen LogP contribution in [0.2, 0.25) is 5.02 Å². The van der Waals surface area contributed by atoms with Crippen molar-refractivity contribution in [2.45, 2.75) is 43.1 Å². The molecular weight excluding hydrogens is 574 g/mol. The molecule has 39 heavy (non-hydrogen) atoms. The van der Waals surface area contributed by atoms with Gasteiger partial charge in [-0.15, -0.1) is 0 Å². The molecule has 1 aromatic heterocycles. The molecule has 0 N–H and O–H groups in total. The van der Waals surface area contributed by atoms with E-state index < -0.39 is 56.7 Å². The fourth-order valence-corrected chi connectivity index (χ4v) is 5.15. The number of esters is 1. The van der Waals surface area contributed by atoms with Crippen molar-refractivity contribution in [2.75, 3.05) is 11.4 Å². The van der Waals surface area contributed by atoms with E-state index in [1.54, 1.807) is 0 Å². The highest BCUT2D eigenvalue weighted by Gasteiger charge is 2.48. The van der Waals surface area contributed by atoms with Crippen LogP contribution in [0.3, 0.4) is 0 Å². The quantitative estimate of drug-likeness (QED) is 0.223. The number of benzene rings is 2. The van der Waals surface area contributed by atoms with Gasteiger partial charge in [0.05, 0.1) is 40.1 Å². The lowest BCUT2D eigenvalue weighted by Crippen LogP contribution is -2.36. The van der Waals surface area contributed by atoms with Gasteiger partial charge in [0.1, 0.15) is 0 Å². The predicted molar refractivity (Wildman–Crippen MR) is 131 cm³/mol. The second kappa shape index (κ2) is 10.7. The number of pyridine rings is 1. The van der Waals surface area contributed by atoms with E-state index in [1.807, 2.05) is 0 Å². The number of rotatable bonds is 7. The van der Waals surface area contributed by atoms with Crippen LogP contribution in [0.5, 0.6) is 0 Å². The minimum atomic E-state index is -4.80. The molecule has 0 atom stereocenters. The van der Waals surface area contributed by atoms with Crippen molar-refractivity contribution in [3.63, 3.8) is 0 Å². The molecule has 0 aliphatic heterocycles. The van der Waals surface area contributed by atoms with E-state index in [0.29, 0.717) is 16.6 Å². The lowest BCUT2D eigenvalue weighted by molar-refractivity contribution is -0.180. The van der Waals surface area contributed by atoms with Gasteiger partial charge in [0.15, 0.2) is 5.82 Å². The third kappa shape index (κ3) is 6.30. The van der Waals surface area contributed by atoms with Crippen LogP contribution in [-0.2, 0) is 32.9 Å². The highest BCUT2D eigenvalue weighted by atomic mass is 35.5. The molecule has 3 aromatic rings. The summed E-state index contributed by atoms with van der Waals surface area (Å²) >= 11 is 6.06. The largest absolute Gasteiger partial charge is 0.465 e. The molecule has 210 valence electrons. The zero-order valence-electron chi connectivity index (χ0n) is 20.6. The number of aromatic nitrogens is 1. The molecule has 0 unspecified atom stereocenters. The lowest BCUT2D eigenvalue weighted by Gasteiger charge is -2.29. The summed E-state index contributed by atoms with van der Waals surface area (Å²) in [5, 5.41) is -0.630. The number of nitrogens with zero attached hydrogens (tertiary/aromatic N) is 2. The van der Waals surface area contributed by atoms with Crippen molar-refractivity contribution in [1.29, 1.82) is 0 Å². The average molecular weight is 595 g/mol. The van der Waals surface area contributed by atoms with Gasteiger partial charge in [0.2, 0.25) is 0 Å². The van der Waals surface area contributed by atoms with Crippen molar-refractivity contribution >= 4 is 33.4 Å². The Hall–Kier alpha value is -3.32. The molecule has 0 saturated heterocycles. The summed E-state index contributed by atoms with van der Waals surface area (Å²) in [6.45, 7) is 1.44. The maximum absolute atomic E-state index is 13.6. The number of halogens is 7. The zero-order chi connectivity index (χ0) is 29.4. The molecule has 0 amide bonds. The zero-order valence-corrected chi connectivity index (χ0v) is 22.1. The van der Waals surface area contributed by atoms with Crippen LogP contribution in [0.1, 0.15) is 40.9 Å². The fourth-order valence-electron chi connectivity index (χ4n) is 3.41. The van der Waals surface area contributed by atoms with Gasteiger partial charge >= 0.3 is 18.3 Å². The number of carbonyl (C=O) groups is 1. The van der Waals surface area contributed by atoms with E-state index in [9.17, 15) is 39.6 Å². The predicted octanol–water partition coefficient (Wildman–Crippen LogP) is 6.78. The van der Waals surface area contributed by atoms with E-state index >= 15 is 0 Å². The number of methoxy groups -OCH3 is 1. The third-order valence-corrected chi connectivity index (χ3v) is 7.99. The first-order valence-corrected chi connectivity index (χ1v) is 12.8. The van der Waals surface area contributed by atoms with E-state index in [0.717, 1.165) is 33.1 Å². The molecule has 0 spiro atoms. The first-order valence-electron chi connectivity index (χ1n) is 11.0. The minimum Gasteiger partial charge on any atom is -0.465 e. The van der Waals surface area contributed by atoms with Crippen molar-refractivity contribution in [3.05, 3.63) is 88.1 Å². The Kier molecular flexibility index (Phi) is 8.28. The molecule has 2 aromatic carbocycles. The normalized spacial score (nSPS) is 12.8. The second-order valence-corrected chi connectivity index (χ2v) is 11.1. The molecule has 0 aliphatic carbocycles. The Labute approximate surface area is 225 Å². The summed E-state index contributed by atoms with van der Waals surface area (Å²) in [4.78, 5) is 15.0. The average Bonchev–Trinajstić information content (AvgIpc) is 2.86. The molecule has 0 saturated carbocycles. The summed E-state index contributed by atoms with van der Waals surface area (Å²) in [5.41, 5.74) is -3.26. The van der Waals surface area contributed by atoms with Crippen molar-refractivity contribution in [2.24, 2.45) is 0 Å². The maximum atomic E-state index is 13.6. The number of alkyl halides is 6. The highest BCUT2D eigenvalue weighted by Crippen LogP contribution is 2.41. The van der Waals surface area contributed by atoms with Gasteiger partial charge in [-0.2, -0.15) is 26.3 Å². The second-order valence-electron chi connectivity index (χ2n) is 8.87. The Balaban J connectivity index is 2.09. The summed E-state index contributed by atoms with van der Waals surface area (Å²) < 4.78 is 112. The lowest BCUT2D eigenvalue weighted by atomic mass is 9.83. The molecule has 0 fully saturated rings. The van der Waals surface area contributed by atoms with Crippen LogP contribution in [0, 0.1) is 0 Å². The molecule has 0 bridgehead atoms. The van der Waals surface area contributed by atoms with Gasteiger partial charge in [-0.05, 0) is 55.3 Å².